The highest BCUT2D eigenvalue weighted by atomic mass is 19.1. The number of carbonyl (C=O) groups is 1. The van der Waals surface area contributed by atoms with Gasteiger partial charge in [-0.25, -0.2) is 4.98 Å². The van der Waals surface area contributed by atoms with Crippen molar-refractivity contribution in [3.63, 3.8) is 0 Å². The molecule has 0 aliphatic heterocycles. The fourth-order valence-corrected chi connectivity index (χ4v) is 1.54. The van der Waals surface area contributed by atoms with E-state index in [2.05, 4.69) is 10.3 Å². The average molecular weight is 240 g/mol. The van der Waals surface area contributed by atoms with Crippen LogP contribution in [0.3, 0.4) is 0 Å². The van der Waals surface area contributed by atoms with Crippen LogP contribution in [-0.2, 0) is 4.74 Å². The Labute approximate surface area is 100 Å². The van der Waals surface area contributed by atoms with Gasteiger partial charge in [0.2, 0.25) is 5.95 Å². The Kier molecular flexibility index (Phi) is 5.56. The van der Waals surface area contributed by atoms with Gasteiger partial charge in [-0.1, -0.05) is 19.4 Å². The molecule has 1 unspecified atom stereocenters. The van der Waals surface area contributed by atoms with E-state index in [1.807, 2.05) is 6.92 Å². The van der Waals surface area contributed by atoms with E-state index in [0.29, 0.717) is 6.61 Å². The van der Waals surface area contributed by atoms with Crippen molar-refractivity contribution in [3.05, 3.63) is 29.8 Å². The highest BCUT2D eigenvalue weighted by Gasteiger charge is 2.14. The predicted molar refractivity (Wildman–Crippen MR) is 62.2 cm³/mol. The average Bonchev–Trinajstić information content (AvgIpc) is 2.29. The van der Waals surface area contributed by atoms with E-state index in [-0.39, 0.29) is 17.6 Å². The lowest BCUT2D eigenvalue weighted by Gasteiger charge is -2.16. The summed E-state index contributed by atoms with van der Waals surface area (Å²) in [7, 11) is 1.58. The number of pyridine rings is 1. The van der Waals surface area contributed by atoms with Crippen molar-refractivity contribution in [1.29, 1.82) is 0 Å². The number of carbonyl (C=O) groups excluding carboxylic acids is 1. The van der Waals surface area contributed by atoms with Crippen molar-refractivity contribution in [2.45, 2.75) is 25.8 Å². The first-order valence-electron chi connectivity index (χ1n) is 5.59. The summed E-state index contributed by atoms with van der Waals surface area (Å²) < 4.78 is 17.9. The van der Waals surface area contributed by atoms with Crippen molar-refractivity contribution >= 4 is 5.91 Å². The molecule has 0 saturated heterocycles. The summed E-state index contributed by atoms with van der Waals surface area (Å²) in [6.07, 6.45) is 1.75. The van der Waals surface area contributed by atoms with Crippen LogP contribution >= 0.6 is 0 Å². The molecule has 1 aromatic heterocycles. The zero-order chi connectivity index (χ0) is 12.7. The van der Waals surface area contributed by atoms with Crippen LogP contribution in [0.25, 0.3) is 0 Å². The Balaban J connectivity index is 2.63. The maximum atomic E-state index is 12.8. The maximum Gasteiger partial charge on any atom is 0.270 e. The minimum atomic E-state index is -0.656. The molecule has 1 aromatic rings. The molecule has 1 N–H and O–H groups in total. The molecule has 4 nitrogen and oxygen atoms in total. The van der Waals surface area contributed by atoms with Gasteiger partial charge in [0.25, 0.3) is 5.91 Å². The first kappa shape index (κ1) is 13.6. The summed E-state index contributed by atoms with van der Waals surface area (Å²) in [5, 5.41) is 2.77. The van der Waals surface area contributed by atoms with E-state index < -0.39 is 5.95 Å². The van der Waals surface area contributed by atoms with E-state index in [4.69, 9.17) is 4.74 Å². The molecule has 94 valence electrons. The molecule has 5 heteroatoms. The third-order valence-corrected chi connectivity index (χ3v) is 2.29. The van der Waals surface area contributed by atoms with Crippen molar-refractivity contribution < 1.29 is 13.9 Å². The molecular weight excluding hydrogens is 223 g/mol. The second kappa shape index (κ2) is 6.96. The van der Waals surface area contributed by atoms with Crippen molar-refractivity contribution in [1.82, 2.24) is 10.3 Å². The number of rotatable bonds is 6. The Morgan fingerprint density at radius 3 is 2.94 bits per heavy atom. The molecule has 0 bridgehead atoms. The third kappa shape index (κ3) is 4.48. The quantitative estimate of drug-likeness (QED) is 0.771. The van der Waals surface area contributed by atoms with Gasteiger partial charge >= 0.3 is 0 Å². The Morgan fingerprint density at radius 2 is 2.35 bits per heavy atom. The largest absolute Gasteiger partial charge is 0.383 e. The number of aromatic nitrogens is 1. The van der Waals surface area contributed by atoms with Gasteiger partial charge in [0.1, 0.15) is 5.69 Å². The van der Waals surface area contributed by atoms with Crippen LogP contribution in [0.4, 0.5) is 4.39 Å². The molecule has 0 saturated carbocycles. The monoisotopic (exact) mass is 240 g/mol. The lowest BCUT2D eigenvalue weighted by molar-refractivity contribution is 0.0885. The summed E-state index contributed by atoms with van der Waals surface area (Å²) in [6, 6.07) is 4.08. The van der Waals surface area contributed by atoms with Crippen LogP contribution in [0.5, 0.6) is 0 Å². The predicted octanol–water partition coefficient (Wildman–Crippen LogP) is 1.77. The molecule has 0 fully saturated rings. The smallest absolute Gasteiger partial charge is 0.270 e. The Bertz CT molecular complexity index is 365. The molecule has 1 rings (SSSR count). The minimum absolute atomic E-state index is 0.0671. The first-order valence-corrected chi connectivity index (χ1v) is 5.59. The number of halogens is 1. The molecule has 1 amide bonds. The number of nitrogens with one attached hydrogen (secondary N) is 1. The van der Waals surface area contributed by atoms with E-state index >= 15 is 0 Å². The molecular formula is C12H17FN2O2. The number of hydrogen-bond acceptors (Lipinski definition) is 3. The summed E-state index contributed by atoms with van der Waals surface area (Å²) in [6.45, 7) is 2.46. The van der Waals surface area contributed by atoms with E-state index in [9.17, 15) is 9.18 Å². The lowest BCUT2D eigenvalue weighted by atomic mass is 10.1. The van der Waals surface area contributed by atoms with Crippen molar-refractivity contribution in [3.8, 4) is 0 Å². The molecule has 1 heterocycles. The normalized spacial score (nSPS) is 12.2. The summed E-state index contributed by atoms with van der Waals surface area (Å²) in [5.41, 5.74) is 0.0854. The van der Waals surface area contributed by atoms with Gasteiger partial charge in [0.15, 0.2) is 0 Å². The number of methoxy groups -OCH3 is 1. The van der Waals surface area contributed by atoms with Crippen LogP contribution in [0.15, 0.2) is 18.2 Å². The summed E-state index contributed by atoms with van der Waals surface area (Å²) in [5.74, 6) is -1.03. The number of ether oxygens (including phenoxy) is 1. The Morgan fingerprint density at radius 1 is 1.59 bits per heavy atom. The first-order chi connectivity index (χ1) is 8.17. The molecule has 0 spiro atoms. The minimum Gasteiger partial charge on any atom is -0.383 e. The van der Waals surface area contributed by atoms with Crippen LogP contribution in [0, 0.1) is 5.95 Å². The van der Waals surface area contributed by atoms with Gasteiger partial charge in [-0.3, -0.25) is 4.79 Å². The zero-order valence-electron chi connectivity index (χ0n) is 10.1. The summed E-state index contributed by atoms with van der Waals surface area (Å²) in [4.78, 5) is 15.3. The molecule has 0 aromatic carbocycles. The molecule has 0 radical (unpaired) electrons. The zero-order valence-corrected chi connectivity index (χ0v) is 10.1. The van der Waals surface area contributed by atoms with Gasteiger partial charge in [0, 0.05) is 7.11 Å². The third-order valence-electron chi connectivity index (χ3n) is 2.29. The van der Waals surface area contributed by atoms with Crippen molar-refractivity contribution in [2.75, 3.05) is 13.7 Å². The second-order valence-corrected chi connectivity index (χ2v) is 3.76. The lowest BCUT2D eigenvalue weighted by Crippen LogP contribution is -2.38. The van der Waals surface area contributed by atoms with Gasteiger partial charge in [-0.15, -0.1) is 0 Å². The molecule has 1 atom stereocenters. The standard InChI is InChI=1S/C12H17FN2O2/c1-3-5-9(8-17-2)14-12(16)10-6-4-7-11(13)15-10/h4,6-7,9H,3,5,8H2,1-2H3,(H,14,16). The number of hydrogen-bond donors (Lipinski definition) is 1. The highest BCUT2D eigenvalue weighted by Crippen LogP contribution is 2.01. The van der Waals surface area contributed by atoms with E-state index in [1.54, 1.807) is 7.11 Å². The molecule has 17 heavy (non-hydrogen) atoms. The van der Waals surface area contributed by atoms with Crippen LogP contribution in [-0.4, -0.2) is 30.6 Å². The van der Waals surface area contributed by atoms with Crippen molar-refractivity contribution in [2.24, 2.45) is 0 Å². The van der Waals surface area contributed by atoms with E-state index in [0.717, 1.165) is 12.8 Å². The van der Waals surface area contributed by atoms with Gasteiger partial charge in [0.05, 0.1) is 12.6 Å². The van der Waals surface area contributed by atoms with Gasteiger partial charge in [-0.05, 0) is 18.6 Å². The SMILES string of the molecule is CCCC(COC)NC(=O)c1cccc(F)n1. The second-order valence-electron chi connectivity index (χ2n) is 3.76. The van der Waals surface area contributed by atoms with Gasteiger partial charge < -0.3 is 10.1 Å². The Hall–Kier alpha value is -1.49. The van der Waals surface area contributed by atoms with Crippen LogP contribution < -0.4 is 5.32 Å². The molecule has 0 aliphatic rings. The number of amides is 1. The fourth-order valence-electron chi connectivity index (χ4n) is 1.54. The summed E-state index contributed by atoms with van der Waals surface area (Å²) >= 11 is 0. The topological polar surface area (TPSA) is 51.2 Å². The maximum absolute atomic E-state index is 12.8. The highest BCUT2D eigenvalue weighted by molar-refractivity contribution is 5.92. The number of nitrogens with zero attached hydrogens (tertiary/aromatic N) is 1. The van der Waals surface area contributed by atoms with E-state index in [1.165, 1.54) is 18.2 Å². The van der Waals surface area contributed by atoms with Gasteiger partial charge in [-0.2, -0.15) is 4.39 Å². The van der Waals surface area contributed by atoms with Crippen LogP contribution in [0.2, 0.25) is 0 Å². The fraction of sp³-hybridized carbons (Fsp3) is 0.500. The molecule has 0 aliphatic carbocycles. The van der Waals surface area contributed by atoms with Crippen LogP contribution in [0.1, 0.15) is 30.3 Å².